The van der Waals surface area contributed by atoms with Gasteiger partial charge in [-0.15, -0.1) is 4.91 Å². The van der Waals surface area contributed by atoms with E-state index in [4.69, 9.17) is 11.7 Å². The summed E-state index contributed by atoms with van der Waals surface area (Å²) in [6, 6.07) is 2.02. The van der Waals surface area contributed by atoms with Crippen LogP contribution in [0.15, 0.2) is 23.5 Å². The third-order valence-corrected chi connectivity index (χ3v) is 1.43. The molecule has 0 radical (unpaired) electrons. The van der Waals surface area contributed by atoms with Gasteiger partial charge in [-0.25, -0.2) is 26.5 Å². The second-order valence-corrected chi connectivity index (χ2v) is 2.29. The van der Waals surface area contributed by atoms with Gasteiger partial charge < -0.3 is 0 Å². The molecule has 0 aromatic carbocycles. The van der Waals surface area contributed by atoms with Gasteiger partial charge in [-0.1, -0.05) is 0 Å². The number of anilines is 1. The molecule has 0 unspecified atom stereocenters. The van der Waals surface area contributed by atoms with E-state index in [0.29, 0.717) is 5.01 Å². The Hall–Kier alpha value is -2.06. The average Bonchev–Trinajstić information content (AvgIpc) is 2.27. The quantitative estimate of drug-likeness (QED) is 0.260. The first-order valence-electron chi connectivity index (χ1n) is 3.54. The molecule has 5 N–H and O–H groups in total. The lowest BCUT2D eigenvalue weighted by atomic mass is 10.4. The van der Waals surface area contributed by atoms with Gasteiger partial charge in [0.2, 0.25) is 0 Å². The molecule has 0 atom stereocenters. The van der Waals surface area contributed by atoms with Crippen LogP contribution in [0.2, 0.25) is 0 Å². The molecule has 2 amide bonds. The molecule has 0 aliphatic rings. The van der Waals surface area contributed by atoms with E-state index in [1.54, 1.807) is 0 Å². The van der Waals surface area contributed by atoms with E-state index in [2.05, 4.69) is 10.2 Å². The molecule has 0 spiro atoms. The highest BCUT2D eigenvalue weighted by Crippen LogP contribution is 2.13. The van der Waals surface area contributed by atoms with E-state index in [0.717, 1.165) is 0 Å². The Kier molecular flexibility index (Phi) is 3.05. The van der Waals surface area contributed by atoms with E-state index < -0.39 is 6.03 Å². The number of amides is 2. The molecule has 14 heavy (non-hydrogen) atoms. The number of nitrogens with one attached hydrogen (secondary N) is 1. The highest BCUT2D eigenvalue weighted by atomic mass is 16.3. The molecule has 0 bridgehead atoms. The highest BCUT2D eigenvalue weighted by molar-refractivity contribution is 5.89. The van der Waals surface area contributed by atoms with Crippen molar-refractivity contribution in [2.75, 3.05) is 5.01 Å². The topological polar surface area (TPSA) is 127 Å². The van der Waals surface area contributed by atoms with Crippen LogP contribution in [0.1, 0.15) is 0 Å². The van der Waals surface area contributed by atoms with Crippen LogP contribution < -0.4 is 22.1 Å². The lowest BCUT2D eigenvalue weighted by molar-refractivity contribution is 0.246. The fraction of sp³-hybridized carbons (Fsp3) is 0. The zero-order chi connectivity index (χ0) is 10.6. The lowest BCUT2D eigenvalue weighted by Crippen LogP contribution is -2.47. The smallest absolute Gasteiger partial charge is 0.274 e. The molecule has 1 aromatic rings. The van der Waals surface area contributed by atoms with E-state index in [9.17, 15) is 9.70 Å². The van der Waals surface area contributed by atoms with Crippen LogP contribution in [0.5, 0.6) is 0 Å². The normalized spacial score (nSPS) is 9.29. The third kappa shape index (κ3) is 2.00. The van der Waals surface area contributed by atoms with Crippen molar-refractivity contribution < 1.29 is 4.79 Å². The number of rotatable bonds is 2. The molecule has 1 aromatic heterocycles. The first-order chi connectivity index (χ1) is 6.69. The van der Waals surface area contributed by atoms with Gasteiger partial charge in [-0.2, -0.15) is 0 Å². The van der Waals surface area contributed by atoms with Gasteiger partial charge in [0.15, 0.2) is 5.82 Å². The highest BCUT2D eigenvalue weighted by Gasteiger charge is 2.10. The largest absolute Gasteiger partial charge is 0.351 e. The minimum atomic E-state index is -0.718. The van der Waals surface area contributed by atoms with Crippen LogP contribution in [0.4, 0.5) is 16.3 Å². The standard InChI is InChI=1S/C6H8N6O2/c7-10-6(13)12(8)5-2-1-4(11-14)3-9-5/h1-3H,7-8H2,(H,10,13). The number of carbonyl (C=O) groups is 1. The van der Waals surface area contributed by atoms with Crippen LogP contribution in [-0.4, -0.2) is 11.0 Å². The van der Waals surface area contributed by atoms with Crippen molar-refractivity contribution in [3.63, 3.8) is 0 Å². The number of hydrogen-bond donors (Lipinski definition) is 3. The Labute approximate surface area is 78.8 Å². The van der Waals surface area contributed by atoms with Gasteiger partial charge in [0.25, 0.3) is 0 Å². The van der Waals surface area contributed by atoms with Crippen LogP contribution >= 0.6 is 0 Å². The zero-order valence-corrected chi connectivity index (χ0v) is 7.04. The van der Waals surface area contributed by atoms with Gasteiger partial charge in [-0.3, -0.25) is 5.43 Å². The maximum absolute atomic E-state index is 10.9. The molecule has 0 saturated carbocycles. The number of carbonyl (C=O) groups excluding carboxylic acids is 1. The van der Waals surface area contributed by atoms with E-state index in [1.807, 2.05) is 5.43 Å². The van der Waals surface area contributed by atoms with Crippen LogP contribution in [0.3, 0.4) is 0 Å². The molecule has 74 valence electrons. The van der Waals surface area contributed by atoms with Crippen molar-refractivity contribution in [3.05, 3.63) is 23.2 Å². The van der Waals surface area contributed by atoms with Gasteiger partial charge in [0, 0.05) is 0 Å². The van der Waals surface area contributed by atoms with Crippen molar-refractivity contribution >= 4 is 17.5 Å². The Balaban J connectivity index is 2.86. The molecular formula is C6H8N6O2. The van der Waals surface area contributed by atoms with Crippen molar-refractivity contribution in [2.24, 2.45) is 16.9 Å². The first kappa shape index (κ1) is 10.0. The molecule has 0 fully saturated rings. The molecule has 0 saturated heterocycles. The molecule has 0 aliphatic carbocycles. The van der Waals surface area contributed by atoms with Gasteiger partial charge in [0.05, 0.1) is 6.20 Å². The van der Waals surface area contributed by atoms with Crippen LogP contribution in [0, 0.1) is 4.91 Å². The molecule has 8 heteroatoms. The minimum Gasteiger partial charge on any atom is -0.274 e. The van der Waals surface area contributed by atoms with Crippen molar-refractivity contribution in [3.8, 4) is 0 Å². The van der Waals surface area contributed by atoms with E-state index >= 15 is 0 Å². The van der Waals surface area contributed by atoms with Crippen molar-refractivity contribution in [1.82, 2.24) is 10.4 Å². The number of nitroso groups, excluding NO2 is 1. The minimum absolute atomic E-state index is 0.148. The number of nitrogens with two attached hydrogens (primary N) is 2. The number of hydrogen-bond acceptors (Lipinski definition) is 6. The summed E-state index contributed by atoms with van der Waals surface area (Å²) in [6.07, 6.45) is 1.19. The summed E-state index contributed by atoms with van der Waals surface area (Å²) in [7, 11) is 0. The summed E-state index contributed by atoms with van der Waals surface area (Å²) in [5, 5.41) is 3.34. The summed E-state index contributed by atoms with van der Waals surface area (Å²) in [5.41, 5.74) is 1.98. The summed E-state index contributed by atoms with van der Waals surface area (Å²) in [6.45, 7) is 0. The molecule has 0 aliphatic heterocycles. The summed E-state index contributed by atoms with van der Waals surface area (Å²) in [4.78, 5) is 24.7. The molecular weight excluding hydrogens is 188 g/mol. The molecule has 1 rings (SSSR count). The Morgan fingerprint density at radius 3 is 2.71 bits per heavy atom. The predicted molar refractivity (Wildman–Crippen MR) is 49.1 cm³/mol. The van der Waals surface area contributed by atoms with E-state index in [1.165, 1.54) is 18.3 Å². The molecule has 1 heterocycles. The Morgan fingerprint density at radius 2 is 2.29 bits per heavy atom. The van der Waals surface area contributed by atoms with Gasteiger partial charge in [-0.05, 0) is 17.3 Å². The van der Waals surface area contributed by atoms with Gasteiger partial charge >= 0.3 is 6.03 Å². The Morgan fingerprint density at radius 1 is 1.57 bits per heavy atom. The second-order valence-electron chi connectivity index (χ2n) is 2.29. The number of hydrazine groups is 2. The number of pyridine rings is 1. The summed E-state index contributed by atoms with van der Waals surface area (Å²) in [5.74, 6) is 10.3. The predicted octanol–water partition coefficient (Wildman–Crippen LogP) is -0.257. The second kappa shape index (κ2) is 4.25. The van der Waals surface area contributed by atoms with Crippen molar-refractivity contribution in [1.29, 1.82) is 0 Å². The first-order valence-corrected chi connectivity index (χ1v) is 3.54. The van der Waals surface area contributed by atoms with Crippen LogP contribution in [0.25, 0.3) is 0 Å². The SMILES string of the molecule is NNC(=O)N(N)c1ccc(N=O)cn1. The monoisotopic (exact) mass is 196 g/mol. The summed E-state index contributed by atoms with van der Waals surface area (Å²) >= 11 is 0. The zero-order valence-electron chi connectivity index (χ0n) is 7.04. The average molecular weight is 196 g/mol. The van der Waals surface area contributed by atoms with Crippen LogP contribution in [-0.2, 0) is 0 Å². The number of aromatic nitrogens is 1. The van der Waals surface area contributed by atoms with Crippen molar-refractivity contribution in [2.45, 2.75) is 0 Å². The number of urea groups is 1. The maximum Gasteiger partial charge on any atom is 0.351 e. The number of nitrogens with zero attached hydrogens (tertiary/aromatic N) is 3. The third-order valence-electron chi connectivity index (χ3n) is 1.43. The fourth-order valence-electron chi connectivity index (χ4n) is 0.748. The van der Waals surface area contributed by atoms with Gasteiger partial charge in [0.1, 0.15) is 5.69 Å². The lowest BCUT2D eigenvalue weighted by Gasteiger charge is -2.13. The molecule has 8 nitrogen and oxygen atoms in total. The maximum atomic E-state index is 10.9. The fourth-order valence-corrected chi connectivity index (χ4v) is 0.748. The van der Waals surface area contributed by atoms with E-state index in [-0.39, 0.29) is 11.5 Å². The Bertz CT molecular complexity index is 337. The summed E-state index contributed by atoms with van der Waals surface area (Å²) < 4.78 is 0.